The minimum atomic E-state index is -0.730. The number of nitrogens with two attached hydrogens (primary N) is 1. The SMILES string of the molecule is COc1cc2c(-c3ccccc3)c(C)oc2cc1/C=N/NC(N)=O. The molecular formula is C18H17N3O3. The Hall–Kier alpha value is -3.28. The van der Waals surface area contributed by atoms with E-state index in [-0.39, 0.29) is 0 Å². The van der Waals surface area contributed by atoms with E-state index in [1.807, 2.05) is 49.4 Å². The van der Waals surface area contributed by atoms with Gasteiger partial charge in [0, 0.05) is 16.5 Å². The zero-order chi connectivity index (χ0) is 17.1. The second-order valence-corrected chi connectivity index (χ2v) is 5.22. The fourth-order valence-electron chi connectivity index (χ4n) is 2.67. The quantitative estimate of drug-likeness (QED) is 0.569. The molecule has 0 bridgehead atoms. The molecule has 0 unspecified atom stereocenters. The molecule has 3 aromatic rings. The molecule has 2 amide bonds. The first kappa shape index (κ1) is 15.6. The van der Waals surface area contributed by atoms with Crippen molar-refractivity contribution in [3.8, 4) is 16.9 Å². The predicted octanol–water partition coefficient (Wildman–Crippen LogP) is 3.42. The normalized spacial score (nSPS) is 11.1. The van der Waals surface area contributed by atoms with Crippen molar-refractivity contribution in [2.75, 3.05) is 7.11 Å². The number of hydrogen-bond donors (Lipinski definition) is 2. The van der Waals surface area contributed by atoms with E-state index in [9.17, 15) is 4.79 Å². The molecule has 0 saturated heterocycles. The van der Waals surface area contributed by atoms with Crippen LogP contribution in [0.5, 0.6) is 5.75 Å². The van der Waals surface area contributed by atoms with Crippen LogP contribution < -0.4 is 15.9 Å². The van der Waals surface area contributed by atoms with Gasteiger partial charge in [-0.1, -0.05) is 30.3 Å². The number of primary amides is 1. The summed E-state index contributed by atoms with van der Waals surface area (Å²) in [6, 6.07) is 13.0. The zero-order valence-corrected chi connectivity index (χ0v) is 13.4. The number of fused-ring (bicyclic) bond motifs is 1. The number of carbonyl (C=O) groups excluding carboxylic acids is 1. The third-order valence-electron chi connectivity index (χ3n) is 3.66. The summed E-state index contributed by atoms with van der Waals surface area (Å²) in [6.07, 6.45) is 1.46. The second-order valence-electron chi connectivity index (χ2n) is 5.22. The standard InChI is InChI=1S/C18H17N3O3/c1-11-17(12-6-4-3-5-7-12)14-9-15(23-2)13(8-16(14)24-11)10-20-21-18(19)22/h3-10H,1-2H3,(H3,19,21,22)/b20-10+. The molecule has 0 aliphatic carbocycles. The molecule has 0 spiro atoms. The fraction of sp³-hybridized carbons (Fsp3) is 0.111. The van der Waals surface area contributed by atoms with Gasteiger partial charge in [-0.2, -0.15) is 5.10 Å². The maximum atomic E-state index is 10.7. The number of aryl methyl sites for hydroxylation is 1. The minimum absolute atomic E-state index is 0.621. The van der Waals surface area contributed by atoms with Crippen molar-refractivity contribution in [2.24, 2.45) is 10.8 Å². The first-order valence-electron chi connectivity index (χ1n) is 7.35. The first-order chi connectivity index (χ1) is 11.6. The molecule has 1 aromatic heterocycles. The Morgan fingerprint density at radius 1 is 1.29 bits per heavy atom. The van der Waals surface area contributed by atoms with Crippen molar-refractivity contribution in [1.29, 1.82) is 0 Å². The van der Waals surface area contributed by atoms with Gasteiger partial charge in [-0.3, -0.25) is 0 Å². The van der Waals surface area contributed by atoms with Gasteiger partial charge in [0.25, 0.3) is 0 Å². The van der Waals surface area contributed by atoms with E-state index in [0.29, 0.717) is 16.9 Å². The van der Waals surface area contributed by atoms with Crippen LogP contribution >= 0.6 is 0 Å². The van der Waals surface area contributed by atoms with Gasteiger partial charge in [-0.15, -0.1) is 0 Å². The largest absolute Gasteiger partial charge is 0.496 e. The van der Waals surface area contributed by atoms with Crippen LogP contribution in [0.25, 0.3) is 22.1 Å². The van der Waals surface area contributed by atoms with Crippen molar-refractivity contribution < 1.29 is 13.9 Å². The van der Waals surface area contributed by atoms with Gasteiger partial charge >= 0.3 is 6.03 Å². The van der Waals surface area contributed by atoms with Gasteiger partial charge in [0.2, 0.25) is 0 Å². The first-order valence-corrected chi connectivity index (χ1v) is 7.35. The Morgan fingerprint density at radius 2 is 2.04 bits per heavy atom. The molecule has 0 radical (unpaired) electrons. The van der Waals surface area contributed by atoms with Crippen molar-refractivity contribution in [3.05, 3.63) is 53.8 Å². The van der Waals surface area contributed by atoms with Gasteiger partial charge in [0.1, 0.15) is 17.1 Å². The maximum Gasteiger partial charge on any atom is 0.332 e. The fourth-order valence-corrected chi connectivity index (χ4v) is 2.67. The van der Waals surface area contributed by atoms with E-state index in [1.165, 1.54) is 6.21 Å². The summed E-state index contributed by atoms with van der Waals surface area (Å²) in [7, 11) is 1.58. The van der Waals surface area contributed by atoms with Gasteiger partial charge < -0.3 is 14.9 Å². The monoisotopic (exact) mass is 323 g/mol. The van der Waals surface area contributed by atoms with Gasteiger partial charge in [-0.25, -0.2) is 10.2 Å². The zero-order valence-electron chi connectivity index (χ0n) is 13.4. The number of urea groups is 1. The van der Waals surface area contributed by atoms with Crippen LogP contribution in [-0.2, 0) is 0 Å². The summed E-state index contributed by atoms with van der Waals surface area (Å²) >= 11 is 0. The molecule has 0 fully saturated rings. The number of ether oxygens (including phenoxy) is 1. The number of amides is 2. The number of nitrogens with zero attached hydrogens (tertiary/aromatic N) is 1. The lowest BCUT2D eigenvalue weighted by atomic mass is 10.0. The van der Waals surface area contributed by atoms with E-state index in [1.54, 1.807) is 7.11 Å². The number of benzene rings is 2. The molecule has 1 heterocycles. The van der Waals surface area contributed by atoms with E-state index < -0.39 is 6.03 Å². The topological polar surface area (TPSA) is 89.8 Å². The third kappa shape index (κ3) is 2.94. The van der Waals surface area contributed by atoms with E-state index in [2.05, 4.69) is 10.5 Å². The average Bonchev–Trinajstić information content (AvgIpc) is 2.89. The highest BCUT2D eigenvalue weighted by molar-refractivity contribution is 6.00. The van der Waals surface area contributed by atoms with Gasteiger partial charge in [0.15, 0.2) is 0 Å². The molecule has 6 nitrogen and oxygen atoms in total. The van der Waals surface area contributed by atoms with E-state index in [4.69, 9.17) is 14.9 Å². The number of carbonyl (C=O) groups is 1. The Morgan fingerprint density at radius 3 is 2.71 bits per heavy atom. The smallest absolute Gasteiger partial charge is 0.332 e. The van der Waals surface area contributed by atoms with Crippen molar-refractivity contribution in [3.63, 3.8) is 0 Å². The molecular weight excluding hydrogens is 306 g/mol. The van der Waals surface area contributed by atoms with Gasteiger partial charge in [-0.05, 0) is 24.6 Å². The van der Waals surface area contributed by atoms with Crippen LogP contribution in [0, 0.1) is 6.92 Å². The lowest BCUT2D eigenvalue weighted by Crippen LogP contribution is -2.24. The lowest BCUT2D eigenvalue weighted by molar-refractivity contribution is 0.249. The minimum Gasteiger partial charge on any atom is -0.496 e. The van der Waals surface area contributed by atoms with E-state index in [0.717, 1.165) is 22.3 Å². The number of hydrogen-bond acceptors (Lipinski definition) is 4. The Bertz CT molecular complexity index is 914. The summed E-state index contributed by atoms with van der Waals surface area (Å²) < 4.78 is 11.3. The number of rotatable bonds is 4. The molecule has 0 aliphatic rings. The molecule has 6 heteroatoms. The molecule has 3 N–H and O–H groups in total. The number of furan rings is 1. The van der Waals surface area contributed by atoms with Crippen LogP contribution in [0.2, 0.25) is 0 Å². The summed E-state index contributed by atoms with van der Waals surface area (Å²) in [5.41, 5.74) is 10.6. The van der Waals surface area contributed by atoms with Crippen LogP contribution in [0.4, 0.5) is 4.79 Å². The number of nitrogens with one attached hydrogen (secondary N) is 1. The Balaban J connectivity index is 2.13. The summed E-state index contributed by atoms with van der Waals surface area (Å²) in [4.78, 5) is 10.7. The summed E-state index contributed by atoms with van der Waals surface area (Å²) in [6.45, 7) is 1.93. The van der Waals surface area contributed by atoms with E-state index >= 15 is 0 Å². The number of methoxy groups -OCH3 is 1. The van der Waals surface area contributed by atoms with Crippen molar-refractivity contribution in [1.82, 2.24) is 5.43 Å². The highest BCUT2D eigenvalue weighted by Crippen LogP contribution is 2.37. The second kappa shape index (κ2) is 6.45. The third-order valence-corrected chi connectivity index (χ3v) is 3.66. The van der Waals surface area contributed by atoms with Crippen molar-refractivity contribution in [2.45, 2.75) is 6.92 Å². The number of hydrazone groups is 1. The van der Waals surface area contributed by atoms with Crippen LogP contribution in [-0.4, -0.2) is 19.4 Å². The maximum absolute atomic E-state index is 10.7. The van der Waals surface area contributed by atoms with Gasteiger partial charge in [0.05, 0.1) is 13.3 Å². The highest BCUT2D eigenvalue weighted by atomic mass is 16.5. The molecule has 0 saturated carbocycles. The molecule has 0 aliphatic heterocycles. The predicted molar refractivity (Wildman–Crippen MR) is 93.3 cm³/mol. The molecule has 0 atom stereocenters. The summed E-state index contributed by atoms with van der Waals surface area (Å²) in [5, 5.41) is 4.73. The average molecular weight is 323 g/mol. The summed E-state index contributed by atoms with van der Waals surface area (Å²) in [5.74, 6) is 1.44. The van der Waals surface area contributed by atoms with Crippen LogP contribution in [0.15, 0.2) is 52.0 Å². The van der Waals surface area contributed by atoms with Crippen LogP contribution in [0.1, 0.15) is 11.3 Å². The molecule has 3 rings (SSSR count). The Kier molecular flexibility index (Phi) is 4.20. The molecule has 2 aromatic carbocycles. The lowest BCUT2D eigenvalue weighted by Gasteiger charge is -2.05. The van der Waals surface area contributed by atoms with Crippen LogP contribution in [0.3, 0.4) is 0 Å². The highest BCUT2D eigenvalue weighted by Gasteiger charge is 2.15. The molecule has 122 valence electrons. The molecule has 24 heavy (non-hydrogen) atoms. The van der Waals surface area contributed by atoms with Crippen molar-refractivity contribution >= 4 is 23.2 Å². The Labute approximate surface area is 138 Å².